The van der Waals surface area contributed by atoms with Crippen LogP contribution in [0.5, 0.6) is 0 Å². The Labute approximate surface area is 153 Å². The number of hydrogen-bond donors (Lipinski definition) is 0. The summed E-state index contributed by atoms with van der Waals surface area (Å²) >= 11 is 0. The number of hydrogen-bond acceptors (Lipinski definition) is 2. The van der Waals surface area contributed by atoms with E-state index in [-0.39, 0.29) is 18.3 Å². The molecule has 2 aromatic rings. The highest BCUT2D eigenvalue weighted by atomic mass is 28.3. The topological polar surface area (TPSA) is 18.5 Å². The maximum atomic E-state index is 6.14. The minimum absolute atomic E-state index is 0.302. The van der Waals surface area contributed by atoms with E-state index in [1.807, 2.05) is 0 Å². The van der Waals surface area contributed by atoms with E-state index >= 15 is 0 Å². The van der Waals surface area contributed by atoms with Crippen LogP contribution in [0.3, 0.4) is 0 Å². The molecule has 0 unspecified atom stereocenters. The lowest BCUT2D eigenvalue weighted by molar-refractivity contribution is 0.00578. The monoisotopic (exact) mass is 350 g/mol. The second kappa shape index (κ2) is 6.60. The van der Waals surface area contributed by atoms with Crippen molar-refractivity contribution in [2.24, 2.45) is 0 Å². The van der Waals surface area contributed by atoms with Crippen molar-refractivity contribution in [2.45, 2.75) is 45.4 Å². The van der Waals surface area contributed by atoms with Crippen molar-refractivity contribution in [2.75, 3.05) is 0 Å². The first-order valence-corrected chi connectivity index (χ1v) is 11.5. The molecule has 1 heterocycles. The number of benzene rings is 2. The van der Waals surface area contributed by atoms with E-state index in [0.29, 0.717) is 0 Å². The minimum Gasteiger partial charge on any atom is -0.400 e. The molecule has 0 N–H and O–H groups in total. The molecule has 4 heteroatoms. The van der Waals surface area contributed by atoms with E-state index in [1.165, 1.54) is 10.4 Å². The molecule has 0 radical (unpaired) electrons. The molecule has 0 atom stereocenters. The highest BCUT2D eigenvalue weighted by Gasteiger charge is 2.50. The van der Waals surface area contributed by atoms with E-state index in [9.17, 15) is 0 Å². The predicted molar refractivity (Wildman–Crippen MR) is 109 cm³/mol. The van der Waals surface area contributed by atoms with Crippen molar-refractivity contribution >= 4 is 25.6 Å². The van der Waals surface area contributed by atoms with Crippen LogP contribution in [0.25, 0.3) is 0 Å². The van der Waals surface area contributed by atoms with Gasteiger partial charge in [0.15, 0.2) is 0 Å². The Morgan fingerprint density at radius 3 is 1.56 bits per heavy atom. The van der Waals surface area contributed by atoms with E-state index in [2.05, 4.69) is 107 Å². The van der Waals surface area contributed by atoms with Gasteiger partial charge in [-0.15, -0.1) is 0 Å². The molecular weight excluding hydrogens is 323 g/mol. The summed E-state index contributed by atoms with van der Waals surface area (Å²) in [5.74, 6) is 2.11. The Balaban J connectivity index is 1.95. The molecule has 1 saturated heterocycles. The van der Waals surface area contributed by atoms with Crippen LogP contribution >= 0.6 is 0 Å². The quantitative estimate of drug-likeness (QED) is 0.785. The first-order chi connectivity index (χ1) is 11.7. The molecule has 25 heavy (non-hydrogen) atoms. The molecule has 2 nitrogen and oxygen atoms in total. The van der Waals surface area contributed by atoms with Crippen molar-refractivity contribution in [1.29, 1.82) is 0 Å². The number of rotatable bonds is 4. The van der Waals surface area contributed by atoms with Gasteiger partial charge in [0.25, 0.3) is 0 Å². The zero-order chi connectivity index (χ0) is 18.1. The summed E-state index contributed by atoms with van der Waals surface area (Å²) in [5, 5.41) is 2.77. The van der Waals surface area contributed by atoms with Crippen molar-refractivity contribution in [1.82, 2.24) is 0 Å². The third-order valence-corrected chi connectivity index (χ3v) is 9.53. The lowest BCUT2D eigenvalue weighted by Crippen LogP contribution is -2.54. The van der Waals surface area contributed by atoms with Gasteiger partial charge in [0.2, 0.25) is 0 Å². The molecule has 1 aliphatic heterocycles. The molecule has 0 saturated carbocycles. The van der Waals surface area contributed by atoms with Gasteiger partial charge in [0, 0.05) is 0 Å². The van der Waals surface area contributed by atoms with E-state index in [4.69, 9.17) is 9.31 Å². The molecular formula is C21H27BO2Si. The van der Waals surface area contributed by atoms with E-state index < -0.39 is 8.07 Å². The first kappa shape index (κ1) is 18.2. The fourth-order valence-corrected chi connectivity index (χ4v) is 6.20. The SMILES string of the molecule is CC1(C)OB(/C=C\[Si](C)(c2ccccc2)c2ccccc2)OC1(C)C. The average Bonchev–Trinajstić information content (AvgIpc) is 2.81. The molecule has 0 amide bonds. The van der Waals surface area contributed by atoms with Gasteiger partial charge in [-0.2, -0.15) is 0 Å². The average molecular weight is 350 g/mol. The molecule has 3 rings (SSSR count). The molecule has 1 aliphatic rings. The van der Waals surface area contributed by atoms with Crippen LogP contribution < -0.4 is 10.4 Å². The van der Waals surface area contributed by atoms with Crippen LogP contribution in [0.2, 0.25) is 6.55 Å². The maximum Gasteiger partial charge on any atom is 0.486 e. The van der Waals surface area contributed by atoms with Crippen LogP contribution in [-0.4, -0.2) is 26.4 Å². The highest BCUT2D eigenvalue weighted by Crippen LogP contribution is 2.37. The van der Waals surface area contributed by atoms with Crippen LogP contribution in [0.4, 0.5) is 0 Å². The lowest BCUT2D eigenvalue weighted by Gasteiger charge is -2.32. The van der Waals surface area contributed by atoms with Crippen molar-refractivity contribution in [3.8, 4) is 0 Å². The van der Waals surface area contributed by atoms with Gasteiger partial charge in [0.1, 0.15) is 8.07 Å². The van der Waals surface area contributed by atoms with Crippen molar-refractivity contribution in [3.63, 3.8) is 0 Å². The molecule has 2 aromatic carbocycles. The zero-order valence-electron chi connectivity index (χ0n) is 15.8. The Morgan fingerprint density at radius 2 is 1.16 bits per heavy atom. The van der Waals surface area contributed by atoms with Crippen molar-refractivity contribution < 1.29 is 9.31 Å². The lowest BCUT2D eigenvalue weighted by atomic mass is 9.90. The Morgan fingerprint density at radius 1 is 0.760 bits per heavy atom. The van der Waals surface area contributed by atoms with Gasteiger partial charge in [-0.3, -0.25) is 0 Å². The van der Waals surface area contributed by atoms with Gasteiger partial charge in [-0.25, -0.2) is 0 Å². The fourth-order valence-electron chi connectivity index (χ4n) is 3.17. The molecule has 1 fully saturated rings. The van der Waals surface area contributed by atoms with Gasteiger partial charge in [-0.1, -0.05) is 89.3 Å². The Bertz CT molecular complexity index is 686. The Kier molecular flexibility index (Phi) is 4.80. The summed E-state index contributed by atoms with van der Waals surface area (Å²) in [6.07, 6.45) is 0. The molecule has 130 valence electrons. The standard InChI is InChI=1S/C21H27BO2Si/c1-20(2)21(3,4)24-22(23-20)16-17-25(5,18-12-8-6-9-13-18)19-14-10-7-11-15-19/h6-17H,1-5H3/b17-16-. The summed E-state index contributed by atoms with van der Waals surface area (Å²) in [6.45, 7) is 10.7. The summed E-state index contributed by atoms with van der Waals surface area (Å²) in [5.41, 5.74) is 1.73. The van der Waals surface area contributed by atoms with Crippen LogP contribution in [-0.2, 0) is 9.31 Å². The van der Waals surface area contributed by atoms with Crippen LogP contribution in [0, 0.1) is 0 Å². The predicted octanol–water partition coefficient (Wildman–Crippen LogP) is 3.61. The largest absolute Gasteiger partial charge is 0.486 e. The molecule has 0 aliphatic carbocycles. The van der Waals surface area contributed by atoms with Crippen LogP contribution in [0.1, 0.15) is 27.7 Å². The smallest absolute Gasteiger partial charge is 0.400 e. The van der Waals surface area contributed by atoms with Gasteiger partial charge in [-0.05, 0) is 27.7 Å². The second-order valence-corrected chi connectivity index (χ2v) is 11.8. The van der Waals surface area contributed by atoms with Crippen LogP contribution in [0.15, 0.2) is 72.3 Å². The molecule has 0 bridgehead atoms. The highest BCUT2D eigenvalue weighted by molar-refractivity contribution is 7.05. The first-order valence-electron chi connectivity index (χ1n) is 8.91. The van der Waals surface area contributed by atoms with E-state index in [0.717, 1.165) is 0 Å². The normalized spacial score (nSPS) is 19.5. The fraction of sp³-hybridized carbons (Fsp3) is 0.333. The minimum atomic E-state index is -2.00. The van der Waals surface area contributed by atoms with Gasteiger partial charge >= 0.3 is 7.12 Å². The third-order valence-electron chi connectivity index (χ3n) is 5.61. The second-order valence-electron chi connectivity index (χ2n) is 7.92. The van der Waals surface area contributed by atoms with Gasteiger partial charge in [0.05, 0.1) is 11.2 Å². The van der Waals surface area contributed by atoms with Gasteiger partial charge < -0.3 is 9.31 Å². The summed E-state index contributed by atoms with van der Waals surface area (Å²) < 4.78 is 12.3. The summed E-state index contributed by atoms with van der Waals surface area (Å²) in [7, 11) is -2.30. The van der Waals surface area contributed by atoms with E-state index in [1.54, 1.807) is 0 Å². The third kappa shape index (κ3) is 3.52. The van der Waals surface area contributed by atoms with Crippen molar-refractivity contribution in [3.05, 3.63) is 72.3 Å². The maximum absolute atomic E-state index is 6.14. The Hall–Kier alpha value is -1.62. The molecule has 0 aromatic heterocycles. The summed E-state index contributed by atoms with van der Waals surface area (Å²) in [4.78, 5) is 0. The summed E-state index contributed by atoms with van der Waals surface area (Å²) in [6, 6.07) is 21.5. The molecule has 0 spiro atoms. The zero-order valence-corrected chi connectivity index (χ0v) is 16.8.